The fourth-order valence-corrected chi connectivity index (χ4v) is 1.89. The van der Waals surface area contributed by atoms with Crippen molar-refractivity contribution in [2.24, 2.45) is 0 Å². The highest BCUT2D eigenvalue weighted by atomic mass is 16.6. The monoisotopic (exact) mass is 297 g/mol. The summed E-state index contributed by atoms with van der Waals surface area (Å²) < 4.78 is 5.25. The molecule has 1 amide bonds. The van der Waals surface area contributed by atoms with E-state index < -0.39 is 0 Å². The summed E-state index contributed by atoms with van der Waals surface area (Å²) in [6.45, 7) is 1.80. The molecule has 0 atom stereocenters. The maximum absolute atomic E-state index is 11.7. The summed E-state index contributed by atoms with van der Waals surface area (Å²) in [4.78, 5) is 21.8. The van der Waals surface area contributed by atoms with Crippen molar-refractivity contribution in [3.63, 3.8) is 0 Å². The van der Waals surface area contributed by atoms with Crippen LogP contribution in [-0.2, 0) is 16.1 Å². The Labute approximate surface area is 125 Å². The normalized spacial score (nSPS) is 13.0. The van der Waals surface area contributed by atoms with Gasteiger partial charge in [-0.3, -0.25) is 4.79 Å². The zero-order chi connectivity index (χ0) is 15.9. The fraction of sp³-hybridized carbons (Fsp3) is 0.467. The summed E-state index contributed by atoms with van der Waals surface area (Å²) in [7, 11) is 1.00. The molecule has 0 aliphatic carbocycles. The van der Waals surface area contributed by atoms with Crippen LogP contribution in [0.3, 0.4) is 0 Å². The van der Waals surface area contributed by atoms with Crippen LogP contribution in [0.15, 0.2) is 30.3 Å². The number of aliphatic hydroxyl groups excluding tert-OH is 1. The van der Waals surface area contributed by atoms with Crippen LogP contribution in [0.2, 0.25) is 0 Å². The summed E-state index contributed by atoms with van der Waals surface area (Å²) in [6, 6.07) is 9.77. The van der Waals surface area contributed by atoms with Gasteiger partial charge in [-0.1, -0.05) is 30.3 Å². The lowest BCUT2D eigenvalue weighted by atomic mass is 10.1. The summed E-state index contributed by atoms with van der Waals surface area (Å²) >= 11 is 0. The smallest absolute Gasteiger partial charge is 0.410 e. The Bertz CT molecular complexity index is 377. The number of carbonyl (C=O) groups excluding carboxylic acids is 1. The minimum Gasteiger partial charge on any atom is -0.483 e. The Morgan fingerprint density at radius 3 is 2.24 bits per heavy atom. The molecule has 1 aromatic rings. The topological polar surface area (TPSA) is 87.1 Å². The number of likely N-dealkylation sites (tertiary alicyclic amines) is 1. The van der Waals surface area contributed by atoms with Gasteiger partial charge in [-0.05, 0) is 24.8 Å². The lowest BCUT2D eigenvalue weighted by Gasteiger charge is -2.25. The highest BCUT2D eigenvalue weighted by molar-refractivity contribution is 5.67. The second-order valence-corrected chi connectivity index (χ2v) is 4.19. The maximum atomic E-state index is 11.7. The highest BCUT2D eigenvalue weighted by Gasteiger charge is 2.17. The van der Waals surface area contributed by atoms with Crippen molar-refractivity contribution >= 4 is 12.6 Å². The number of rotatable bonds is 2. The number of benzene rings is 1. The molecule has 1 saturated heterocycles. The van der Waals surface area contributed by atoms with Crippen LogP contribution in [0.1, 0.15) is 24.8 Å². The van der Waals surface area contributed by atoms with Crippen LogP contribution in [0.25, 0.3) is 0 Å². The molecule has 1 aliphatic heterocycles. The largest absolute Gasteiger partial charge is 0.483 e. The van der Waals surface area contributed by atoms with Crippen LogP contribution >= 0.6 is 0 Å². The molecule has 1 heterocycles. The summed E-state index contributed by atoms with van der Waals surface area (Å²) in [5, 5.41) is 13.9. The first-order valence-electron chi connectivity index (χ1n) is 6.76. The molecule has 118 valence electrons. The molecular formula is C15H23NO5. The van der Waals surface area contributed by atoms with Crippen molar-refractivity contribution in [1.29, 1.82) is 0 Å². The van der Waals surface area contributed by atoms with Crippen molar-refractivity contribution in [2.45, 2.75) is 25.9 Å². The Hall–Kier alpha value is -2.08. The first-order valence-corrected chi connectivity index (χ1v) is 6.76. The van der Waals surface area contributed by atoms with E-state index in [1.54, 1.807) is 4.90 Å². The predicted octanol–water partition coefficient (Wildman–Crippen LogP) is 2.12. The van der Waals surface area contributed by atoms with E-state index in [4.69, 9.17) is 19.7 Å². The van der Waals surface area contributed by atoms with E-state index >= 15 is 0 Å². The van der Waals surface area contributed by atoms with E-state index in [9.17, 15) is 4.79 Å². The van der Waals surface area contributed by atoms with Gasteiger partial charge >= 0.3 is 6.09 Å². The third-order valence-electron chi connectivity index (χ3n) is 2.82. The van der Waals surface area contributed by atoms with Gasteiger partial charge in [0.25, 0.3) is 6.47 Å². The van der Waals surface area contributed by atoms with Crippen LogP contribution in [0, 0.1) is 0 Å². The number of carbonyl (C=O) groups is 2. The van der Waals surface area contributed by atoms with Gasteiger partial charge in [0.1, 0.15) is 6.61 Å². The Morgan fingerprint density at radius 1 is 1.19 bits per heavy atom. The van der Waals surface area contributed by atoms with Crippen LogP contribution in [-0.4, -0.2) is 47.9 Å². The predicted molar refractivity (Wildman–Crippen MR) is 78.9 cm³/mol. The second-order valence-electron chi connectivity index (χ2n) is 4.19. The minimum absolute atomic E-state index is 0.177. The first kappa shape index (κ1) is 18.9. The number of piperidine rings is 1. The van der Waals surface area contributed by atoms with Crippen LogP contribution in [0.4, 0.5) is 4.79 Å². The fourth-order valence-electron chi connectivity index (χ4n) is 1.89. The molecule has 1 aromatic carbocycles. The maximum Gasteiger partial charge on any atom is 0.410 e. The molecule has 6 heteroatoms. The molecule has 2 rings (SSSR count). The molecule has 0 spiro atoms. The lowest BCUT2D eigenvalue weighted by molar-refractivity contribution is -0.122. The Morgan fingerprint density at radius 2 is 1.71 bits per heavy atom. The van der Waals surface area contributed by atoms with Gasteiger partial charge < -0.3 is 19.8 Å². The van der Waals surface area contributed by atoms with Crippen molar-refractivity contribution in [1.82, 2.24) is 4.90 Å². The van der Waals surface area contributed by atoms with Gasteiger partial charge in [0, 0.05) is 20.2 Å². The third-order valence-corrected chi connectivity index (χ3v) is 2.82. The number of nitrogens with zero attached hydrogens (tertiary/aromatic N) is 1. The van der Waals surface area contributed by atoms with Gasteiger partial charge in [-0.15, -0.1) is 0 Å². The first-order chi connectivity index (χ1) is 10.3. The third kappa shape index (κ3) is 8.65. The molecule has 1 aliphatic rings. The minimum atomic E-state index is -0.250. The zero-order valence-corrected chi connectivity index (χ0v) is 12.3. The van der Waals surface area contributed by atoms with Gasteiger partial charge in [0.2, 0.25) is 0 Å². The molecule has 0 aromatic heterocycles. The average Bonchev–Trinajstić information content (AvgIpc) is 2.57. The number of amides is 1. The summed E-state index contributed by atoms with van der Waals surface area (Å²) in [6.07, 6.45) is 3.24. The summed E-state index contributed by atoms with van der Waals surface area (Å²) in [5.74, 6) is 0. The summed E-state index contributed by atoms with van der Waals surface area (Å²) in [5.41, 5.74) is 1.04. The van der Waals surface area contributed by atoms with Gasteiger partial charge in [0.05, 0.1) is 0 Å². The van der Waals surface area contributed by atoms with Crippen molar-refractivity contribution in [2.75, 3.05) is 20.2 Å². The Balaban J connectivity index is 0.000000713. The van der Waals surface area contributed by atoms with Crippen LogP contribution in [0.5, 0.6) is 0 Å². The zero-order valence-electron chi connectivity index (χ0n) is 12.3. The quantitative estimate of drug-likeness (QED) is 0.816. The number of hydrogen-bond donors (Lipinski definition) is 2. The van der Waals surface area contributed by atoms with Crippen molar-refractivity contribution in [3.8, 4) is 0 Å². The average molecular weight is 297 g/mol. The van der Waals surface area contributed by atoms with Crippen molar-refractivity contribution in [3.05, 3.63) is 35.9 Å². The number of carboxylic acid groups (broad SMARTS) is 1. The highest BCUT2D eigenvalue weighted by Crippen LogP contribution is 2.11. The molecule has 21 heavy (non-hydrogen) atoms. The van der Waals surface area contributed by atoms with Gasteiger partial charge in [-0.2, -0.15) is 0 Å². The molecular weight excluding hydrogens is 274 g/mol. The van der Waals surface area contributed by atoms with E-state index in [-0.39, 0.29) is 12.6 Å². The Kier molecular flexibility index (Phi) is 11.6. The molecule has 0 radical (unpaired) electrons. The molecule has 0 unspecified atom stereocenters. The number of aliphatic hydroxyl groups is 1. The standard InChI is InChI=1S/C13H17NO2.CH2O2.CH4O/c15-13(14-9-5-2-6-10-14)16-11-12-7-3-1-4-8-12;2-1-3;1-2/h1,3-4,7-8H,2,5-6,9-11H2;1H,(H,2,3);2H,1H3. The SMILES string of the molecule is CO.O=C(OCc1ccccc1)N1CCCCC1.O=CO. The van der Waals surface area contributed by atoms with Crippen LogP contribution < -0.4 is 0 Å². The van der Waals surface area contributed by atoms with E-state index in [2.05, 4.69) is 0 Å². The number of hydrogen-bond acceptors (Lipinski definition) is 4. The van der Waals surface area contributed by atoms with Gasteiger partial charge in [0.15, 0.2) is 0 Å². The van der Waals surface area contributed by atoms with Gasteiger partial charge in [-0.25, -0.2) is 4.79 Å². The van der Waals surface area contributed by atoms with E-state index in [0.717, 1.165) is 38.6 Å². The molecule has 6 nitrogen and oxygen atoms in total. The van der Waals surface area contributed by atoms with Crippen molar-refractivity contribution < 1.29 is 24.5 Å². The molecule has 0 saturated carbocycles. The van der Waals surface area contributed by atoms with E-state index in [0.29, 0.717) is 6.61 Å². The van der Waals surface area contributed by atoms with E-state index in [1.165, 1.54) is 6.42 Å². The molecule has 2 N–H and O–H groups in total. The molecule has 1 fully saturated rings. The number of ether oxygens (including phenoxy) is 1. The molecule has 0 bridgehead atoms. The lowest BCUT2D eigenvalue weighted by Crippen LogP contribution is -2.35. The van der Waals surface area contributed by atoms with E-state index in [1.807, 2.05) is 30.3 Å². The second kappa shape index (κ2) is 12.9.